The zero-order valence-corrected chi connectivity index (χ0v) is 13.4. The third-order valence-electron chi connectivity index (χ3n) is 4.01. The summed E-state index contributed by atoms with van der Waals surface area (Å²) in [5.41, 5.74) is 0.971. The molecule has 1 saturated carbocycles. The van der Waals surface area contributed by atoms with Crippen LogP contribution in [0.5, 0.6) is 0 Å². The monoisotopic (exact) mass is 325 g/mol. The summed E-state index contributed by atoms with van der Waals surface area (Å²) < 4.78 is 1.02. The van der Waals surface area contributed by atoms with E-state index in [0.717, 1.165) is 21.9 Å². The van der Waals surface area contributed by atoms with Crippen LogP contribution in [0.15, 0.2) is 28.7 Å². The molecule has 1 aromatic carbocycles. The van der Waals surface area contributed by atoms with Gasteiger partial charge in [-0.3, -0.25) is 0 Å². The molecule has 1 fully saturated rings. The van der Waals surface area contributed by atoms with Crippen LogP contribution < -0.4 is 5.32 Å². The van der Waals surface area contributed by atoms with Crippen LogP contribution in [-0.4, -0.2) is 17.7 Å². The highest BCUT2D eigenvalue weighted by molar-refractivity contribution is 9.10. The van der Waals surface area contributed by atoms with Gasteiger partial charge in [-0.2, -0.15) is 0 Å². The molecule has 0 heterocycles. The molecule has 1 aliphatic carbocycles. The topological polar surface area (TPSA) is 32.3 Å². The van der Waals surface area contributed by atoms with Crippen LogP contribution >= 0.6 is 15.9 Å². The minimum atomic E-state index is -0.426. The fourth-order valence-electron chi connectivity index (χ4n) is 3.22. The smallest absolute Gasteiger partial charge is 0.0914 e. The number of aliphatic hydroxyl groups is 1. The van der Waals surface area contributed by atoms with Crippen LogP contribution in [0.2, 0.25) is 0 Å². The Hall–Kier alpha value is -0.380. The number of hydrogen-bond acceptors (Lipinski definition) is 2. The average molecular weight is 326 g/mol. The Morgan fingerprint density at radius 3 is 2.58 bits per heavy atom. The molecular formula is C16H24BrNO. The molecule has 0 spiro atoms. The molecule has 106 valence electrons. The van der Waals surface area contributed by atoms with Gasteiger partial charge in [-0.25, -0.2) is 0 Å². The van der Waals surface area contributed by atoms with Gasteiger partial charge in [0.05, 0.1) is 6.10 Å². The maximum Gasteiger partial charge on any atom is 0.0914 e. The summed E-state index contributed by atoms with van der Waals surface area (Å²) >= 11 is 3.44. The summed E-state index contributed by atoms with van der Waals surface area (Å²) in [6, 6.07) is 8.46. The van der Waals surface area contributed by atoms with E-state index in [0.29, 0.717) is 12.6 Å². The standard InChI is InChI=1S/C16H24BrNO/c1-11-6-12(2)8-15(7-11)18-10-16(19)13-4-3-5-14(17)9-13/h3-5,9,11-12,15-16,18-19H,6-8,10H2,1-2H3. The first-order valence-corrected chi connectivity index (χ1v) is 8.00. The van der Waals surface area contributed by atoms with E-state index in [1.54, 1.807) is 0 Å². The molecule has 3 heteroatoms. The molecule has 2 N–H and O–H groups in total. The summed E-state index contributed by atoms with van der Waals surface area (Å²) in [7, 11) is 0. The summed E-state index contributed by atoms with van der Waals surface area (Å²) in [4.78, 5) is 0. The Labute approximate surface area is 124 Å². The molecule has 1 aromatic rings. The molecule has 1 aliphatic rings. The molecule has 0 aliphatic heterocycles. The Morgan fingerprint density at radius 2 is 1.95 bits per heavy atom. The lowest BCUT2D eigenvalue weighted by atomic mass is 9.80. The molecule has 3 atom stereocenters. The fraction of sp³-hybridized carbons (Fsp3) is 0.625. The van der Waals surface area contributed by atoms with Crippen molar-refractivity contribution in [3.05, 3.63) is 34.3 Å². The van der Waals surface area contributed by atoms with Crippen molar-refractivity contribution >= 4 is 15.9 Å². The predicted octanol–water partition coefficient (Wildman–Crippen LogP) is 3.90. The molecule has 0 saturated heterocycles. The minimum absolute atomic E-state index is 0.426. The lowest BCUT2D eigenvalue weighted by Gasteiger charge is -2.32. The lowest BCUT2D eigenvalue weighted by Crippen LogP contribution is -2.38. The molecule has 0 radical (unpaired) electrons. The van der Waals surface area contributed by atoms with Crippen LogP contribution in [0.3, 0.4) is 0 Å². The second-order valence-corrected chi connectivity index (χ2v) is 7.01. The van der Waals surface area contributed by atoms with Gasteiger partial charge in [0.15, 0.2) is 0 Å². The van der Waals surface area contributed by atoms with Gasteiger partial charge in [-0.05, 0) is 48.8 Å². The highest BCUT2D eigenvalue weighted by Crippen LogP contribution is 2.28. The number of benzene rings is 1. The Balaban J connectivity index is 1.84. The maximum atomic E-state index is 10.2. The first-order valence-electron chi connectivity index (χ1n) is 7.21. The van der Waals surface area contributed by atoms with E-state index >= 15 is 0 Å². The molecule has 0 aromatic heterocycles. The van der Waals surface area contributed by atoms with Gasteiger partial charge in [-0.1, -0.05) is 41.9 Å². The zero-order valence-electron chi connectivity index (χ0n) is 11.8. The highest BCUT2D eigenvalue weighted by atomic mass is 79.9. The molecule has 0 amide bonds. The molecule has 3 unspecified atom stereocenters. The van der Waals surface area contributed by atoms with Gasteiger partial charge in [0.1, 0.15) is 0 Å². The van der Waals surface area contributed by atoms with Crippen LogP contribution in [0.25, 0.3) is 0 Å². The fourth-order valence-corrected chi connectivity index (χ4v) is 3.64. The van der Waals surface area contributed by atoms with Crippen molar-refractivity contribution in [2.75, 3.05) is 6.54 Å². The number of nitrogens with one attached hydrogen (secondary N) is 1. The first-order chi connectivity index (χ1) is 9.04. The average Bonchev–Trinajstić information content (AvgIpc) is 2.35. The van der Waals surface area contributed by atoms with E-state index in [9.17, 15) is 5.11 Å². The van der Waals surface area contributed by atoms with Crippen LogP contribution in [0.1, 0.15) is 44.8 Å². The van der Waals surface area contributed by atoms with Gasteiger partial charge >= 0.3 is 0 Å². The van der Waals surface area contributed by atoms with E-state index < -0.39 is 6.10 Å². The van der Waals surface area contributed by atoms with Crippen molar-refractivity contribution in [1.82, 2.24) is 5.32 Å². The number of aliphatic hydroxyl groups excluding tert-OH is 1. The van der Waals surface area contributed by atoms with Crippen LogP contribution in [-0.2, 0) is 0 Å². The van der Waals surface area contributed by atoms with Crippen LogP contribution in [0, 0.1) is 11.8 Å². The first kappa shape index (κ1) is 15.0. The number of halogens is 1. The quantitative estimate of drug-likeness (QED) is 0.880. The van der Waals surface area contributed by atoms with Gasteiger partial charge in [0, 0.05) is 17.1 Å². The maximum absolute atomic E-state index is 10.2. The van der Waals surface area contributed by atoms with Crippen molar-refractivity contribution in [3.63, 3.8) is 0 Å². The zero-order chi connectivity index (χ0) is 13.8. The molecular weight excluding hydrogens is 302 g/mol. The summed E-state index contributed by atoms with van der Waals surface area (Å²) in [5.74, 6) is 1.59. The summed E-state index contributed by atoms with van der Waals surface area (Å²) in [6.07, 6.45) is 3.38. The van der Waals surface area contributed by atoms with Crippen molar-refractivity contribution in [2.45, 2.75) is 45.3 Å². The normalized spacial score (nSPS) is 29.2. The lowest BCUT2D eigenvalue weighted by molar-refractivity contribution is 0.155. The second-order valence-electron chi connectivity index (χ2n) is 6.09. The Kier molecular flexibility index (Phi) is 5.43. The molecule has 2 rings (SSSR count). The number of rotatable bonds is 4. The van der Waals surface area contributed by atoms with E-state index in [4.69, 9.17) is 0 Å². The van der Waals surface area contributed by atoms with Gasteiger partial charge in [-0.15, -0.1) is 0 Å². The predicted molar refractivity (Wildman–Crippen MR) is 83.1 cm³/mol. The minimum Gasteiger partial charge on any atom is -0.387 e. The molecule has 2 nitrogen and oxygen atoms in total. The third kappa shape index (κ3) is 4.59. The van der Waals surface area contributed by atoms with Gasteiger partial charge in [0.25, 0.3) is 0 Å². The van der Waals surface area contributed by atoms with Crippen molar-refractivity contribution in [2.24, 2.45) is 11.8 Å². The van der Waals surface area contributed by atoms with Crippen molar-refractivity contribution < 1.29 is 5.11 Å². The largest absolute Gasteiger partial charge is 0.387 e. The van der Waals surface area contributed by atoms with Crippen molar-refractivity contribution in [1.29, 1.82) is 0 Å². The number of hydrogen-bond donors (Lipinski definition) is 2. The van der Waals surface area contributed by atoms with Gasteiger partial charge in [0.2, 0.25) is 0 Å². The van der Waals surface area contributed by atoms with E-state index in [2.05, 4.69) is 35.1 Å². The van der Waals surface area contributed by atoms with E-state index in [1.807, 2.05) is 24.3 Å². The van der Waals surface area contributed by atoms with Gasteiger partial charge < -0.3 is 10.4 Å². The van der Waals surface area contributed by atoms with E-state index in [-0.39, 0.29) is 0 Å². The third-order valence-corrected chi connectivity index (χ3v) is 4.51. The molecule has 19 heavy (non-hydrogen) atoms. The highest BCUT2D eigenvalue weighted by Gasteiger charge is 2.24. The van der Waals surface area contributed by atoms with E-state index in [1.165, 1.54) is 19.3 Å². The Bertz CT molecular complexity index is 399. The summed E-state index contributed by atoms with van der Waals surface area (Å²) in [5, 5.41) is 13.8. The summed E-state index contributed by atoms with van der Waals surface area (Å²) in [6.45, 7) is 5.30. The second kappa shape index (κ2) is 6.87. The molecule has 0 bridgehead atoms. The Morgan fingerprint density at radius 1 is 1.26 bits per heavy atom. The van der Waals surface area contributed by atoms with Crippen molar-refractivity contribution in [3.8, 4) is 0 Å². The SMILES string of the molecule is CC1CC(C)CC(NCC(O)c2cccc(Br)c2)C1. The van der Waals surface area contributed by atoms with Crippen LogP contribution in [0.4, 0.5) is 0 Å².